The summed E-state index contributed by atoms with van der Waals surface area (Å²) in [4.78, 5) is 36.6. The number of benzene rings is 1. The first-order chi connectivity index (χ1) is 16.8. The lowest BCUT2D eigenvalue weighted by molar-refractivity contribution is 0.0694. The van der Waals surface area contributed by atoms with Crippen molar-refractivity contribution in [3.05, 3.63) is 33.9 Å². The molecule has 0 amide bonds. The highest BCUT2D eigenvalue weighted by molar-refractivity contribution is 6.10. The molecule has 1 unspecified atom stereocenters. The van der Waals surface area contributed by atoms with Crippen LogP contribution in [0.1, 0.15) is 43.1 Å². The first-order valence-corrected chi connectivity index (χ1v) is 11.4. The number of nitrogens with two attached hydrogens (primary N) is 1. The van der Waals surface area contributed by atoms with E-state index < -0.39 is 28.7 Å². The standard InChI is InChI=1S/C23H28FN5O6/c1-4-34-26-17-11-28(9-14(17)22(25)27-35-5-2)19-16(24)8-13-18(21(19)33-3)29(12-6-7-12)10-15(20(13)30)23(31)32/h8,10,12,14H,4-7,9,11H2,1-3H3,(H2,25,27)(H,31,32)/b26-17+. The maximum atomic E-state index is 15.6. The van der Waals surface area contributed by atoms with Crippen LogP contribution in [0.15, 0.2) is 27.4 Å². The summed E-state index contributed by atoms with van der Waals surface area (Å²) >= 11 is 0. The highest BCUT2D eigenvalue weighted by atomic mass is 19.1. The number of oxime groups is 2. The van der Waals surface area contributed by atoms with Gasteiger partial charge < -0.3 is 34.7 Å². The zero-order valence-corrected chi connectivity index (χ0v) is 19.8. The molecule has 1 aliphatic carbocycles. The molecule has 4 rings (SSSR count). The van der Waals surface area contributed by atoms with E-state index in [1.54, 1.807) is 23.3 Å². The maximum absolute atomic E-state index is 15.6. The minimum Gasteiger partial charge on any atom is -0.492 e. The van der Waals surface area contributed by atoms with Crippen molar-refractivity contribution in [2.45, 2.75) is 32.7 Å². The number of nitrogens with zero attached hydrogens (tertiary/aromatic N) is 4. The molecule has 1 aromatic carbocycles. The highest BCUT2D eigenvalue weighted by Crippen LogP contribution is 2.44. The van der Waals surface area contributed by atoms with Crippen LogP contribution in [0.4, 0.5) is 10.1 Å². The van der Waals surface area contributed by atoms with E-state index >= 15 is 4.39 Å². The van der Waals surface area contributed by atoms with Crippen LogP contribution < -0.4 is 20.8 Å². The van der Waals surface area contributed by atoms with Crippen molar-refractivity contribution in [1.29, 1.82) is 0 Å². The molecule has 2 aromatic rings. The average molecular weight is 490 g/mol. The number of hydrogen-bond donors (Lipinski definition) is 2. The lowest BCUT2D eigenvalue weighted by atomic mass is 10.1. The third-order valence-corrected chi connectivity index (χ3v) is 6.01. The highest BCUT2D eigenvalue weighted by Gasteiger charge is 2.37. The molecular formula is C23H28FN5O6. The van der Waals surface area contributed by atoms with E-state index in [1.807, 2.05) is 0 Å². The van der Waals surface area contributed by atoms with Gasteiger partial charge in [0, 0.05) is 18.8 Å². The van der Waals surface area contributed by atoms with Crippen molar-refractivity contribution < 1.29 is 28.7 Å². The van der Waals surface area contributed by atoms with Gasteiger partial charge in [-0.3, -0.25) is 4.79 Å². The molecule has 1 aliphatic heterocycles. The number of aromatic carboxylic acids is 1. The second kappa shape index (κ2) is 9.80. The number of ether oxygens (including phenoxy) is 1. The third kappa shape index (κ3) is 4.47. The normalized spacial score (nSPS) is 19.4. The van der Waals surface area contributed by atoms with E-state index in [1.165, 1.54) is 13.3 Å². The van der Waals surface area contributed by atoms with Gasteiger partial charge in [-0.25, -0.2) is 9.18 Å². The molecule has 35 heavy (non-hydrogen) atoms. The Kier molecular flexibility index (Phi) is 6.81. The minimum atomic E-state index is -1.36. The molecule has 0 radical (unpaired) electrons. The summed E-state index contributed by atoms with van der Waals surface area (Å²) in [6.45, 7) is 4.63. The summed E-state index contributed by atoms with van der Waals surface area (Å²) in [5.74, 6) is -2.27. The predicted molar refractivity (Wildman–Crippen MR) is 128 cm³/mol. The maximum Gasteiger partial charge on any atom is 0.341 e. The second-order valence-electron chi connectivity index (χ2n) is 8.32. The van der Waals surface area contributed by atoms with Gasteiger partial charge in [0.25, 0.3) is 0 Å². The molecule has 1 saturated heterocycles. The van der Waals surface area contributed by atoms with Crippen LogP contribution in [0, 0.1) is 11.7 Å². The van der Waals surface area contributed by atoms with Gasteiger partial charge in [0.05, 0.1) is 36.2 Å². The van der Waals surface area contributed by atoms with Crippen LogP contribution in [0.3, 0.4) is 0 Å². The third-order valence-electron chi connectivity index (χ3n) is 6.01. The zero-order valence-electron chi connectivity index (χ0n) is 19.8. The molecule has 2 heterocycles. The zero-order chi connectivity index (χ0) is 25.3. The van der Waals surface area contributed by atoms with Crippen LogP contribution in [-0.4, -0.2) is 60.6 Å². The van der Waals surface area contributed by atoms with E-state index in [0.29, 0.717) is 24.4 Å². The van der Waals surface area contributed by atoms with Crippen molar-refractivity contribution in [3.63, 3.8) is 0 Å². The molecule has 11 nitrogen and oxygen atoms in total. The van der Waals surface area contributed by atoms with Gasteiger partial charge >= 0.3 is 5.97 Å². The van der Waals surface area contributed by atoms with Crippen molar-refractivity contribution in [1.82, 2.24) is 4.57 Å². The first-order valence-electron chi connectivity index (χ1n) is 11.4. The van der Waals surface area contributed by atoms with Crippen LogP contribution in [0.5, 0.6) is 5.75 Å². The van der Waals surface area contributed by atoms with Gasteiger partial charge in [-0.05, 0) is 32.8 Å². The van der Waals surface area contributed by atoms with Crippen molar-refractivity contribution in [2.24, 2.45) is 22.0 Å². The Balaban J connectivity index is 1.89. The number of carboxylic acid groups (broad SMARTS) is 1. The fraction of sp³-hybridized carbons (Fsp3) is 0.478. The summed E-state index contributed by atoms with van der Waals surface area (Å²) in [5, 5.41) is 17.5. The summed E-state index contributed by atoms with van der Waals surface area (Å²) in [7, 11) is 1.39. The molecule has 2 aliphatic rings. The van der Waals surface area contributed by atoms with E-state index in [2.05, 4.69) is 10.3 Å². The topological polar surface area (TPSA) is 141 Å². The second-order valence-corrected chi connectivity index (χ2v) is 8.32. The van der Waals surface area contributed by atoms with Gasteiger partial charge in [0.1, 0.15) is 30.3 Å². The number of anilines is 1. The van der Waals surface area contributed by atoms with Gasteiger partial charge in [0.15, 0.2) is 11.6 Å². The summed E-state index contributed by atoms with van der Waals surface area (Å²) in [6, 6.07) is 1.07. The number of halogens is 1. The summed E-state index contributed by atoms with van der Waals surface area (Å²) in [6.07, 6.45) is 2.94. The van der Waals surface area contributed by atoms with E-state index in [9.17, 15) is 14.7 Å². The van der Waals surface area contributed by atoms with Crippen molar-refractivity contribution in [2.75, 3.05) is 38.3 Å². The molecule has 12 heteroatoms. The smallest absolute Gasteiger partial charge is 0.341 e. The summed E-state index contributed by atoms with van der Waals surface area (Å²) < 4.78 is 23.0. The number of fused-ring (bicyclic) bond motifs is 1. The van der Waals surface area contributed by atoms with Crippen LogP contribution in [0.25, 0.3) is 10.9 Å². The fourth-order valence-corrected chi connectivity index (χ4v) is 4.30. The molecule has 188 valence electrons. The fourth-order valence-electron chi connectivity index (χ4n) is 4.30. The molecule has 2 fully saturated rings. The molecule has 1 aromatic heterocycles. The Morgan fingerprint density at radius 1 is 1.29 bits per heavy atom. The number of amidine groups is 1. The van der Waals surface area contributed by atoms with Gasteiger partial charge in [-0.15, -0.1) is 0 Å². The lowest BCUT2D eigenvalue weighted by Gasteiger charge is -2.24. The Morgan fingerprint density at radius 3 is 2.60 bits per heavy atom. The first kappa shape index (κ1) is 24.3. The molecule has 0 bridgehead atoms. The number of hydrogen-bond acceptors (Lipinski definition) is 8. The molecule has 0 spiro atoms. The minimum absolute atomic E-state index is 0.00112. The number of aromatic nitrogens is 1. The quantitative estimate of drug-likeness (QED) is 0.311. The lowest BCUT2D eigenvalue weighted by Crippen LogP contribution is -2.31. The molecule has 3 N–H and O–H groups in total. The van der Waals surface area contributed by atoms with E-state index in [-0.39, 0.29) is 41.8 Å². The van der Waals surface area contributed by atoms with Crippen molar-refractivity contribution >= 4 is 34.1 Å². The number of carboxylic acids is 1. The van der Waals surface area contributed by atoms with E-state index in [4.69, 9.17) is 20.1 Å². The van der Waals surface area contributed by atoms with Crippen LogP contribution in [-0.2, 0) is 9.68 Å². The average Bonchev–Trinajstić information content (AvgIpc) is 3.59. The largest absolute Gasteiger partial charge is 0.492 e. The number of carbonyl (C=O) groups is 1. The summed E-state index contributed by atoms with van der Waals surface area (Å²) in [5.41, 5.74) is 5.97. The van der Waals surface area contributed by atoms with E-state index in [0.717, 1.165) is 18.9 Å². The predicted octanol–water partition coefficient (Wildman–Crippen LogP) is 2.32. The van der Waals surface area contributed by atoms with Crippen LogP contribution >= 0.6 is 0 Å². The Morgan fingerprint density at radius 2 is 2.00 bits per heavy atom. The number of rotatable bonds is 9. The van der Waals surface area contributed by atoms with Gasteiger partial charge in [-0.1, -0.05) is 10.3 Å². The van der Waals surface area contributed by atoms with Gasteiger partial charge in [0.2, 0.25) is 5.43 Å². The van der Waals surface area contributed by atoms with Crippen molar-refractivity contribution in [3.8, 4) is 5.75 Å². The number of pyridine rings is 1. The monoisotopic (exact) mass is 489 g/mol. The molecular weight excluding hydrogens is 461 g/mol. The molecule has 1 saturated carbocycles. The Hall–Kier alpha value is -3.83. The van der Waals surface area contributed by atoms with Crippen LogP contribution in [0.2, 0.25) is 0 Å². The Bertz CT molecular complexity index is 1270. The number of methoxy groups -OCH3 is 1. The Labute approximate surface area is 200 Å². The molecule has 1 atom stereocenters. The SMILES string of the molecule is CCO/N=C1\CN(c2c(F)cc3c(=O)c(C(=O)O)cn(C4CC4)c3c2OC)CC1/C(N)=N\OCC. The van der Waals surface area contributed by atoms with Gasteiger partial charge in [-0.2, -0.15) is 0 Å².